The predicted octanol–water partition coefficient (Wildman–Crippen LogP) is 1.72. The Balaban J connectivity index is 1.66. The Bertz CT molecular complexity index is 1120. The molecule has 0 aromatic heterocycles. The minimum atomic E-state index is -4.59. The molecule has 0 saturated carbocycles. The average molecular weight is 497 g/mol. The summed E-state index contributed by atoms with van der Waals surface area (Å²) < 4.78 is 37.0. The van der Waals surface area contributed by atoms with Crippen LogP contribution in [0.1, 0.15) is 0 Å². The van der Waals surface area contributed by atoms with Crippen LogP contribution in [0.4, 0.5) is 21.9 Å². The molecule has 1 aliphatic heterocycles. The van der Waals surface area contributed by atoms with Gasteiger partial charge in [0.2, 0.25) is 5.91 Å². The highest BCUT2D eigenvalue weighted by Gasteiger charge is 2.27. The van der Waals surface area contributed by atoms with Gasteiger partial charge in [-0.15, -0.1) is 0 Å². The third-order valence-electron chi connectivity index (χ3n) is 4.53. The zero-order chi connectivity index (χ0) is 24.0. The van der Waals surface area contributed by atoms with E-state index in [0.29, 0.717) is 35.2 Å². The van der Waals surface area contributed by atoms with E-state index in [1.54, 1.807) is 17.0 Å². The van der Waals surface area contributed by atoms with Crippen LogP contribution in [0.15, 0.2) is 48.5 Å². The number of nitrogens with one attached hydrogen (secondary N) is 3. The molecule has 0 radical (unpaired) electrons. The molecule has 0 aliphatic carbocycles. The molecule has 1 atom stereocenters. The molecule has 4 amide bonds. The Morgan fingerprint density at radius 3 is 2.27 bits per heavy atom. The molecule has 4 N–H and O–H groups in total. The van der Waals surface area contributed by atoms with Crippen molar-refractivity contribution in [1.29, 1.82) is 0 Å². The molecule has 11 nitrogen and oxygen atoms in total. The smallest absolute Gasteiger partial charge is 0.319 e. The molecular weight excluding hydrogens is 476 g/mol. The summed E-state index contributed by atoms with van der Waals surface area (Å²) in [6.07, 6.45) is 0. The number of benzene rings is 2. The maximum absolute atomic E-state index is 12.6. The molecule has 176 valence electrons. The van der Waals surface area contributed by atoms with Crippen LogP contribution in [0.3, 0.4) is 0 Å². The number of amides is 4. The zero-order valence-electron chi connectivity index (χ0n) is 17.2. The molecular formula is C20H21ClN4O7S. The number of hydrogen-bond donors (Lipinski definition) is 4. The van der Waals surface area contributed by atoms with Crippen molar-refractivity contribution in [2.45, 2.75) is 6.04 Å². The van der Waals surface area contributed by atoms with E-state index in [-0.39, 0.29) is 12.5 Å². The topological polar surface area (TPSA) is 154 Å². The second-order valence-electron chi connectivity index (χ2n) is 7.04. The van der Waals surface area contributed by atoms with Crippen LogP contribution in [0.5, 0.6) is 0 Å². The van der Waals surface area contributed by atoms with Crippen LogP contribution in [0, 0.1) is 0 Å². The van der Waals surface area contributed by atoms with Crippen molar-refractivity contribution in [3.05, 3.63) is 53.6 Å². The summed E-state index contributed by atoms with van der Waals surface area (Å²) in [6.45, 7) is 0.790. The lowest BCUT2D eigenvalue weighted by Gasteiger charge is -2.27. The first-order valence-electron chi connectivity index (χ1n) is 9.68. The maximum Gasteiger partial charge on any atom is 0.319 e. The number of morpholine rings is 1. The first kappa shape index (κ1) is 24.5. The highest BCUT2D eigenvalue weighted by molar-refractivity contribution is 7.85. The fourth-order valence-electron chi connectivity index (χ4n) is 3.00. The highest BCUT2D eigenvalue weighted by atomic mass is 35.5. The van der Waals surface area contributed by atoms with Gasteiger partial charge in [0.25, 0.3) is 16.0 Å². The number of ether oxygens (including phenoxy) is 1. The Kier molecular flexibility index (Phi) is 7.87. The standard InChI is InChI=1S/C20H21ClN4O7S/c21-13-1-3-15(4-2-13)23-20(28)24-17(12-33(29,30)31)19(27)22-14-5-7-16(8-6-14)25-9-10-32-11-18(25)26/h1-8,17H,9-12H2,(H,22,27)(H2,23,24,28)(H,29,30,31)/t17-/m1/s1. The van der Waals surface area contributed by atoms with Crippen molar-refractivity contribution in [1.82, 2.24) is 5.32 Å². The summed E-state index contributed by atoms with van der Waals surface area (Å²) >= 11 is 5.78. The van der Waals surface area contributed by atoms with Crippen LogP contribution < -0.4 is 20.9 Å². The van der Waals surface area contributed by atoms with E-state index in [1.165, 1.54) is 36.4 Å². The van der Waals surface area contributed by atoms with Crippen LogP contribution in [-0.4, -0.2) is 62.4 Å². The first-order valence-corrected chi connectivity index (χ1v) is 11.7. The minimum Gasteiger partial charge on any atom is -0.370 e. The molecule has 3 rings (SSSR count). The lowest BCUT2D eigenvalue weighted by atomic mass is 10.2. The molecule has 13 heteroatoms. The van der Waals surface area contributed by atoms with Crippen LogP contribution in [-0.2, 0) is 24.4 Å². The molecule has 1 aliphatic rings. The number of rotatable bonds is 7. The van der Waals surface area contributed by atoms with Crippen molar-refractivity contribution in [3.8, 4) is 0 Å². The third kappa shape index (κ3) is 7.43. The van der Waals surface area contributed by atoms with Gasteiger partial charge in [-0.05, 0) is 48.5 Å². The summed E-state index contributed by atoms with van der Waals surface area (Å²) in [4.78, 5) is 38.3. The summed E-state index contributed by atoms with van der Waals surface area (Å²) in [6, 6.07) is 9.91. The van der Waals surface area contributed by atoms with Gasteiger partial charge in [0.1, 0.15) is 18.4 Å². The SMILES string of the molecule is O=C(Nc1ccc(Cl)cc1)N[C@H](CS(=O)(=O)O)C(=O)Nc1ccc(N2CCOCC2=O)cc1. The van der Waals surface area contributed by atoms with Gasteiger partial charge < -0.3 is 25.6 Å². The van der Waals surface area contributed by atoms with Gasteiger partial charge in [-0.25, -0.2) is 4.79 Å². The number of hydrogen-bond acceptors (Lipinski definition) is 6. The Morgan fingerprint density at radius 2 is 1.67 bits per heavy atom. The molecule has 2 aromatic carbocycles. The van der Waals surface area contributed by atoms with Crippen molar-refractivity contribution < 1.29 is 32.1 Å². The van der Waals surface area contributed by atoms with Crippen molar-refractivity contribution in [2.75, 3.05) is 41.0 Å². The largest absolute Gasteiger partial charge is 0.370 e. The van der Waals surface area contributed by atoms with Crippen molar-refractivity contribution in [3.63, 3.8) is 0 Å². The van der Waals surface area contributed by atoms with Crippen molar-refractivity contribution >= 4 is 56.6 Å². The maximum atomic E-state index is 12.6. The monoisotopic (exact) mass is 496 g/mol. The van der Waals surface area contributed by atoms with E-state index in [1.807, 2.05) is 0 Å². The second-order valence-corrected chi connectivity index (χ2v) is 8.97. The summed E-state index contributed by atoms with van der Waals surface area (Å²) in [7, 11) is -4.59. The molecule has 33 heavy (non-hydrogen) atoms. The number of urea groups is 1. The van der Waals surface area contributed by atoms with Gasteiger partial charge in [0, 0.05) is 28.6 Å². The quantitative estimate of drug-likeness (QED) is 0.425. The van der Waals surface area contributed by atoms with E-state index < -0.39 is 33.9 Å². The first-order chi connectivity index (χ1) is 15.6. The van der Waals surface area contributed by atoms with Gasteiger partial charge in [-0.2, -0.15) is 8.42 Å². The Morgan fingerprint density at radius 1 is 1.06 bits per heavy atom. The van der Waals surface area contributed by atoms with Crippen molar-refractivity contribution in [2.24, 2.45) is 0 Å². The number of anilines is 3. The molecule has 1 saturated heterocycles. The molecule has 2 aromatic rings. The summed E-state index contributed by atoms with van der Waals surface area (Å²) in [5.41, 5.74) is 1.26. The Labute approximate surface area is 194 Å². The highest BCUT2D eigenvalue weighted by Crippen LogP contribution is 2.20. The number of carbonyl (C=O) groups is 3. The number of halogens is 1. The average Bonchev–Trinajstić information content (AvgIpc) is 2.75. The summed E-state index contributed by atoms with van der Waals surface area (Å²) in [5.74, 6) is -2.09. The third-order valence-corrected chi connectivity index (χ3v) is 5.54. The molecule has 0 unspecified atom stereocenters. The van der Waals surface area contributed by atoms with E-state index in [2.05, 4.69) is 16.0 Å². The van der Waals surface area contributed by atoms with E-state index in [9.17, 15) is 27.4 Å². The molecule has 0 bridgehead atoms. The normalized spacial score (nSPS) is 15.0. The van der Waals surface area contributed by atoms with E-state index >= 15 is 0 Å². The lowest BCUT2D eigenvalue weighted by molar-refractivity contribution is -0.125. The van der Waals surface area contributed by atoms with E-state index in [4.69, 9.17) is 16.3 Å². The fourth-order valence-corrected chi connectivity index (χ4v) is 3.78. The Hall–Kier alpha value is -3.19. The second kappa shape index (κ2) is 10.6. The van der Waals surface area contributed by atoms with Gasteiger partial charge in [0.15, 0.2) is 0 Å². The zero-order valence-corrected chi connectivity index (χ0v) is 18.7. The molecule has 0 spiro atoms. The van der Waals surface area contributed by atoms with Gasteiger partial charge >= 0.3 is 6.03 Å². The van der Waals surface area contributed by atoms with E-state index in [0.717, 1.165) is 0 Å². The van der Waals surface area contributed by atoms with Crippen LogP contribution in [0.2, 0.25) is 5.02 Å². The number of nitrogens with zero attached hydrogens (tertiary/aromatic N) is 1. The molecule has 1 heterocycles. The van der Waals surface area contributed by atoms with Crippen LogP contribution in [0.25, 0.3) is 0 Å². The van der Waals surface area contributed by atoms with Gasteiger partial charge in [-0.1, -0.05) is 11.6 Å². The number of carbonyl (C=O) groups excluding carboxylic acids is 3. The van der Waals surface area contributed by atoms with Gasteiger partial charge in [-0.3, -0.25) is 14.1 Å². The lowest BCUT2D eigenvalue weighted by Crippen LogP contribution is -2.49. The molecule has 1 fully saturated rings. The van der Waals surface area contributed by atoms with Gasteiger partial charge in [0.05, 0.1) is 6.61 Å². The minimum absolute atomic E-state index is 0.0143. The summed E-state index contributed by atoms with van der Waals surface area (Å²) in [5, 5.41) is 7.60. The predicted molar refractivity (Wildman–Crippen MR) is 122 cm³/mol. The van der Waals surface area contributed by atoms with Crippen LogP contribution >= 0.6 is 11.6 Å². The fraction of sp³-hybridized carbons (Fsp3) is 0.250.